The molecule has 6 nitrogen and oxygen atoms in total. The van der Waals surface area contributed by atoms with Gasteiger partial charge < -0.3 is 5.11 Å². The number of nitriles is 1. The first-order chi connectivity index (χ1) is 8.15. The van der Waals surface area contributed by atoms with Gasteiger partial charge in [0, 0.05) is 13.1 Å². The summed E-state index contributed by atoms with van der Waals surface area (Å²) in [5.74, 6) is -0.889. The lowest BCUT2D eigenvalue weighted by Gasteiger charge is -2.21. The first kappa shape index (κ1) is 13.5. The minimum Gasteiger partial charge on any atom is -0.511 e. The minimum absolute atomic E-state index is 0.271. The number of hydrazine groups is 2. The fraction of sp³-hybridized carbons (Fsp3) is 0.636. The van der Waals surface area contributed by atoms with Gasteiger partial charge in [-0.3, -0.25) is 10.2 Å². The summed E-state index contributed by atoms with van der Waals surface area (Å²) in [6.07, 6.45) is 4.57. The highest BCUT2D eigenvalue weighted by Gasteiger charge is 2.14. The van der Waals surface area contributed by atoms with E-state index in [1.54, 1.807) is 6.07 Å². The number of nitrogens with zero attached hydrogens (tertiary/aromatic N) is 2. The lowest BCUT2D eigenvalue weighted by molar-refractivity contribution is -0.119. The quantitative estimate of drug-likeness (QED) is 0.292. The van der Waals surface area contributed by atoms with E-state index >= 15 is 0 Å². The maximum absolute atomic E-state index is 11.5. The van der Waals surface area contributed by atoms with Crippen LogP contribution in [-0.2, 0) is 4.79 Å². The molecule has 0 aromatic heterocycles. The minimum atomic E-state index is -0.614. The van der Waals surface area contributed by atoms with Crippen molar-refractivity contribution in [3.05, 3.63) is 11.3 Å². The Morgan fingerprint density at radius 1 is 1.29 bits per heavy atom. The Bertz CT molecular complexity index is 334. The number of aliphatic hydroxyl groups is 1. The van der Waals surface area contributed by atoms with E-state index in [0.29, 0.717) is 0 Å². The molecule has 94 valence electrons. The van der Waals surface area contributed by atoms with Crippen molar-refractivity contribution in [1.82, 2.24) is 16.0 Å². The van der Waals surface area contributed by atoms with Crippen LogP contribution in [0.25, 0.3) is 0 Å². The molecule has 0 atom stereocenters. The zero-order chi connectivity index (χ0) is 12.7. The largest absolute Gasteiger partial charge is 0.511 e. The Morgan fingerprint density at radius 3 is 2.35 bits per heavy atom. The van der Waals surface area contributed by atoms with Gasteiger partial charge in [0.25, 0.3) is 5.91 Å². The molecule has 1 amide bonds. The van der Waals surface area contributed by atoms with Gasteiger partial charge in [-0.05, 0) is 19.8 Å². The van der Waals surface area contributed by atoms with Crippen LogP contribution in [0, 0.1) is 11.3 Å². The summed E-state index contributed by atoms with van der Waals surface area (Å²) >= 11 is 0. The molecule has 0 radical (unpaired) electrons. The molecule has 0 aliphatic carbocycles. The smallest absolute Gasteiger partial charge is 0.280 e. The molecule has 17 heavy (non-hydrogen) atoms. The first-order valence-corrected chi connectivity index (χ1v) is 5.76. The molecule has 0 bridgehead atoms. The molecule has 1 saturated heterocycles. The van der Waals surface area contributed by atoms with Crippen LogP contribution in [0.1, 0.15) is 32.6 Å². The maximum atomic E-state index is 11.5. The van der Waals surface area contributed by atoms with E-state index in [4.69, 9.17) is 10.4 Å². The predicted octanol–water partition coefficient (Wildman–Crippen LogP) is 0.754. The molecule has 0 aromatic rings. The van der Waals surface area contributed by atoms with Gasteiger partial charge in [-0.15, -0.1) is 0 Å². The highest BCUT2D eigenvalue weighted by Crippen LogP contribution is 2.07. The van der Waals surface area contributed by atoms with Crippen LogP contribution in [0.3, 0.4) is 0 Å². The second-order valence-corrected chi connectivity index (χ2v) is 4.04. The number of hydrogen-bond acceptors (Lipinski definition) is 5. The standard InChI is InChI=1S/C11H18N4O2/c1-9(16)10(8-12)11(17)13-14-15-6-4-2-3-5-7-15/h14,16H,2-7H2,1H3,(H,13,17)/b10-9-. The summed E-state index contributed by atoms with van der Waals surface area (Å²) in [6, 6.07) is 1.66. The van der Waals surface area contributed by atoms with Gasteiger partial charge >= 0.3 is 0 Å². The van der Waals surface area contributed by atoms with Gasteiger partial charge in [-0.25, -0.2) is 5.01 Å². The average molecular weight is 238 g/mol. The normalized spacial score (nSPS) is 18.8. The zero-order valence-corrected chi connectivity index (χ0v) is 9.99. The SMILES string of the molecule is C/C(O)=C(\C#N)C(=O)NNN1CCCCCC1. The lowest BCUT2D eigenvalue weighted by Crippen LogP contribution is -2.50. The summed E-state index contributed by atoms with van der Waals surface area (Å²) in [6.45, 7) is 3.04. The maximum Gasteiger partial charge on any atom is 0.280 e. The Hall–Kier alpha value is -1.58. The third-order valence-electron chi connectivity index (χ3n) is 2.63. The van der Waals surface area contributed by atoms with Crippen LogP contribution >= 0.6 is 0 Å². The van der Waals surface area contributed by atoms with E-state index in [2.05, 4.69) is 11.0 Å². The lowest BCUT2D eigenvalue weighted by atomic mass is 10.2. The van der Waals surface area contributed by atoms with Crippen molar-refractivity contribution >= 4 is 5.91 Å². The number of carbonyl (C=O) groups is 1. The monoisotopic (exact) mass is 238 g/mol. The third kappa shape index (κ3) is 4.43. The molecule has 6 heteroatoms. The van der Waals surface area contributed by atoms with Crippen molar-refractivity contribution in [2.24, 2.45) is 0 Å². The van der Waals surface area contributed by atoms with Gasteiger partial charge in [0.05, 0.1) is 0 Å². The second-order valence-electron chi connectivity index (χ2n) is 4.04. The molecule has 1 fully saturated rings. The number of aliphatic hydroxyl groups excluding tert-OH is 1. The predicted molar refractivity (Wildman–Crippen MR) is 62.3 cm³/mol. The van der Waals surface area contributed by atoms with E-state index < -0.39 is 5.91 Å². The molecule has 1 rings (SSSR count). The molecule has 0 aromatic carbocycles. The molecule has 3 N–H and O–H groups in total. The van der Waals surface area contributed by atoms with E-state index in [0.717, 1.165) is 25.9 Å². The van der Waals surface area contributed by atoms with Gasteiger partial charge in [-0.2, -0.15) is 10.8 Å². The van der Waals surface area contributed by atoms with Crippen molar-refractivity contribution < 1.29 is 9.90 Å². The second kappa shape index (κ2) is 6.89. The summed E-state index contributed by atoms with van der Waals surface area (Å²) in [5, 5.41) is 19.7. The molecule has 0 saturated carbocycles. The Morgan fingerprint density at radius 2 is 1.88 bits per heavy atom. The van der Waals surface area contributed by atoms with Crippen LogP contribution in [-0.4, -0.2) is 29.1 Å². The molecular formula is C11H18N4O2. The summed E-state index contributed by atoms with van der Waals surface area (Å²) < 4.78 is 0. The van der Waals surface area contributed by atoms with E-state index in [-0.39, 0.29) is 11.3 Å². The number of allylic oxidation sites excluding steroid dienone is 1. The molecule has 1 aliphatic rings. The number of nitrogens with one attached hydrogen (secondary N) is 2. The van der Waals surface area contributed by atoms with Gasteiger partial charge in [0.2, 0.25) is 0 Å². The van der Waals surface area contributed by atoms with Crippen molar-refractivity contribution in [2.75, 3.05) is 13.1 Å². The van der Waals surface area contributed by atoms with Crippen LogP contribution in [0.4, 0.5) is 0 Å². The van der Waals surface area contributed by atoms with E-state index in [1.807, 2.05) is 5.01 Å². The van der Waals surface area contributed by atoms with Crippen LogP contribution < -0.4 is 11.0 Å². The Labute approximate surface area is 101 Å². The Balaban J connectivity index is 2.42. The molecule has 0 spiro atoms. The van der Waals surface area contributed by atoms with Gasteiger partial charge in [0.15, 0.2) is 5.57 Å². The van der Waals surface area contributed by atoms with Crippen molar-refractivity contribution in [3.63, 3.8) is 0 Å². The fourth-order valence-corrected chi connectivity index (χ4v) is 1.67. The van der Waals surface area contributed by atoms with Crippen molar-refractivity contribution in [1.29, 1.82) is 5.26 Å². The topological polar surface area (TPSA) is 88.4 Å². The highest BCUT2D eigenvalue weighted by molar-refractivity contribution is 5.97. The summed E-state index contributed by atoms with van der Waals surface area (Å²) in [4.78, 5) is 11.5. The third-order valence-corrected chi connectivity index (χ3v) is 2.63. The van der Waals surface area contributed by atoms with Crippen LogP contribution in [0.15, 0.2) is 11.3 Å². The fourth-order valence-electron chi connectivity index (χ4n) is 1.67. The van der Waals surface area contributed by atoms with Crippen molar-refractivity contribution in [3.8, 4) is 6.07 Å². The van der Waals surface area contributed by atoms with E-state index in [9.17, 15) is 4.79 Å². The van der Waals surface area contributed by atoms with Crippen molar-refractivity contribution in [2.45, 2.75) is 32.6 Å². The van der Waals surface area contributed by atoms with Crippen LogP contribution in [0.2, 0.25) is 0 Å². The zero-order valence-electron chi connectivity index (χ0n) is 9.99. The average Bonchev–Trinajstić information content (AvgIpc) is 2.55. The number of hydrogen-bond donors (Lipinski definition) is 3. The first-order valence-electron chi connectivity index (χ1n) is 5.76. The van der Waals surface area contributed by atoms with Gasteiger partial charge in [-0.1, -0.05) is 12.8 Å². The Kier molecular flexibility index (Phi) is 5.46. The number of carbonyl (C=O) groups excluding carboxylic acids is 1. The summed E-state index contributed by atoms with van der Waals surface area (Å²) in [7, 11) is 0. The van der Waals surface area contributed by atoms with Gasteiger partial charge in [0.1, 0.15) is 11.8 Å². The molecule has 1 aliphatic heterocycles. The highest BCUT2D eigenvalue weighted by atomic mass is 16.3. The number of amides is 1. The van der Waals surface area contributed by atoms with Crippen LogP contribution in [0.5, 0.6) is 0 Å². The number of rotatable bonds is 3. The summed E-state index contributed by atoms with van der Waals surface area (Å²) in [5.41, 5.74) is 4.91. The van der Waals surface area contributed by atoms with E-state index in [1.165, 1.54) is 19.8 Å². The molecule has 1 heterocycles. The molecular weight excluding hydrogens is 220 g/mol. The molecule has 0 unspecified atom stereocenters.